The molecule has 0 radical (unpaired) electrons. The van der Waals surface area contributed by atoms with Crippen LogP contribution in [0.3, 0.4) is 0 Å². The Morgan fingerprint density at radius 3 is 2.57 bits per heavy atom. The van der Waals surface area contributed by atoms with Crippen LogP contribution in [0.1, 0.15) is 49.8 Å². The lowest BCUT2D eigenvalue weighted by molar-refractivity contribution is -0.138. The molecule has 0 spiro atoms. The number of ether oxygens (including phenoxy) is 1. The normalized spacial score (nSPS) is 13.8. The Morgan fingerprint density at radius 1 is 1.14 bits per heavy atom. The molecule has 1 N–H and O–H groups in total. The molecule has 37 heavy (non-hydrogen) atoms. The number of rotatable bonds is 8. The molecule has 0 atom stereocenters. The Hall–Kier alpha value is -4.03. The first-order chi connectivity index (χ1) is 17.9. The molecule has 0 amide bonds. The molecule has 190 valence electrons. The summed E-state index contributed by atoms with van der Waals surface area (Å²) in [6.07, 6.45) is 0.539. The summed E-state index contributed by atoms with van der Waals surface area (Å²) in [4.78, 5) is 9.20. The Kier molecular flexibility index (Phi) is 6.76. The van der Waals surface area contributed by atoms with E-state index in [0.29, 0.717) is 12.2 Å². The number of anilines is 1. The summed E-state index contributed by atoms with van der Waals surface area (Å²) in [6, 6.07) is 17.3. The molecule has 2 heterocycles. The molecular weight excluding hydrogens is 481 g/mol. The Balaban J connectivity index is 1.58. The maximum Gasteiger partial charge on any atom is 0.421 e. The highest BCUT2D eigenvalue weighted by Gasteiger charge is 2.35. The van der Waals surface area contributed by atoms with Crippen LogP contribution in [0.5, 0.6) is 11.6 Å². The largest absolute Gasteiger partial charge is 0.438 e. The molecular formula is C28H25F3N4O2. The number of alkyl halides is 3. The molecule has 0 saturated heterocycles. The van der Waals surface area contributed by atoms with Crippen molar-refractivity contribution in [1.29, 1.82) is 5.26 Å². The maximum absolute atomic E-state index is 13.5. The van der Waals surface area contributed by atoms with E-state index in [1.165, 1.54) is 12.3 Å². The fourth-order valence-corrected chi connectivity index (χ4v) is 4.51. The molecule has 0 unspecified atom stereocenters. The zero-order valence-corrected chi connectivity index (χ0v) is 20.2. The van der Waals surface area contributed by atoms with Gasteiger partial charge < -0.3 is 9.30 Å². The zero-order chi connectivity index (χ0) is 26.0. The molecule has 6 nitrogen and oxygen atoms in total. The van der Waals surface area contributed by atoms with Gasteiger partial charge >= 0.3 is 6.18 Å². The molecule has 2 aromatic heterocycles. The number of nitriles is 1. The summed E-state index contributed by atoms with van der Waals surface area (Å²) in [7, 11) is 0. The fraction of sp³-hybridized carbons (Fsp3) is 0.286. The predicted molar refractivity (Wildman–Crippen MR) is 134 cm³/mol. The smallest absolute Gasteiger partial charge is 0.421 e. The second-order valence-corrected chi connectivity index (χ2v) is 8.95. The van der Waals surface area contributed by atoms with Crippen molar-refractivity contribution in [3.8, 4) is 29.0 Å². The van der Waals surface area contributed by atoms with E-state index in [1.54, 1.807) is 18.2 Å². The molecule has 0 bridgehead atoms. The molecule has 5 rings (SSSR count). The Morgan fingerprint density at radius 2 is 1.92 bits per heavy atom. The molecule has 0 aliphatic heterocycles. The highest BCUT2D eigenvalue weighted by atomic mass is 19.4. The van der Waals surface area contributed by atoms with Crippen molar-refractivity contribution in [2.45, 2.75) is 44.8 Å². The second-order valence-electron chi connectivity index (χ2n) is 8.95. The quantitative estimate of drug-likeness (QED) is 0.195. The monoisotopic (exact) mass is 506 g/mol. The Bertz CT molecular complexity index is 1450. The van der Waals surface area contributed by atoms with E-state index in [0.717, 1.165) is 59.6 Å². The van der Waals surface area contributed by atoms with E-state index in [1.807, 2.05) is 31.2 Å². The lowest BCUT2D eigenvalue weighted by Gasteiger charge is -2.30. The van der Waals surface area contributed by atoms with Crippen molar-refractivity contribution in [2.75, 3.05) is 12.1 Å². The highest BCUT2D eigenvalue weighted by Crippen LogP contribution is 2.44. The zero-order valence-electron chi connectivity index (χ0n) is 20.2. The molecule has 1 saturated carbocycles. The molecule has 1 aliphatic carbocycles. The standard InChI is InChI=1S/C28H25F3N4O2/c1-2-15-36-34-19-10-8-18(9-11-19)26-23(17-32)22-13-12-21(16-25(22)35(26)20-5-3-6-20)37-27-24(28(29,30)31)7-4-14-33-27/h4,7-14,16,20,34H,2-3,5-6,15H2,1H3. The second kappa shape index (κ2) is 10.1. The average Bonchev–Trinajstić information content (AvgIpc) is 3.16. The number of fused-ring (bicyclic) bond motifs is 1. The lowest BCUT2D eigenvalue weighted by atomic mass is 9.92. The van der Waals surface area contributed by atoms with Crippen LogP contribution in [0.25, 0.3) is 22.2 Å². The first-order valence-electron chi connectivity index (χ1n) is 12.2. The van der Waals surface area contributed by atoms with Crippen molar-refractivity contribution in [1.82, 2.24) is 9.55 Å². The van der Waals surface area contributed by atoms with Crippen molar-refractivity contribution in [2.24, 2.45) is 0 Å². The summed E-state index contributed by atoms with van der Waals surface area (Å²) >= 11 is 0. The van der Waals surface area contributed by atoms with Crippen molar-refractivity contribution >= 4 is 16.6 Å². The predicted octanol–water partition coefficient (Wildman–Crippen LogP) is 7.86. The highest BCUT2D eigenvalue weighted by molar-refractivity contribution is 5.95. The molecule has 4 aromatic rings. The van der Waals surface area contributed by atoms with Crippen LogP contribution < -0.4 is 10.2 Å². The van der Waals surface area contributed by atoms with E-state index < -0.39 is 17.6 Å². The molecule has 1 fully saturated rings. The van der Waals surface area contributed by atoms with Crippen LogP contribution in [-0.4, -0.2) is 16.2 Å². The Labute approximate surface area is 212 Å². The maximum atomic E-state index is 13.5. The summed E-state index contributed by atoms with van der Waals surface area (Å²) in [5.74, 6) is -0.288. The number of halogens is 3. The van der Waals surface area contributed by atoms with Gasteiger partial charge in [-0.2, -0.15) is 18.4 Å². The van der Waals surface area contributed by atoms with Gasteiger partial charge in [-0.1, -0.05) is 19.1 Å². The summed E-state index contributed by atoms with van der Waals surface area (Å²) < 4.78 is 48.1. The number of aromatic nitrogens is 2. The third kappa shape index (κ3) is 4.85. The van der Waals surface area contributed by atoms with Gasteiger partial charge in [0.25, 0.3) is 0 Å². The minimum absolute atomic E-state index is 0.182. The van der Waals surface area contributed by atoms with Crippen molar-refractivity contribution in [3.63, 3.8) is 0 Å². The molecule has 1 aliphatic rings. The van der Waals surface area contributed by atoms with Gasteiger partial charge in [-0.25, -0.2) is 4.98 Å². The number of hydrogen-bond donors (Lipinski definition) is 1. The van der Waals surface area contributed by atoms with E-state index in [2.05, 4.69) is 21.1 Å². The van der Waals surface area contributed by atoms with Crippen LogP contribution in [0.4, 0.5) is 18.9 Å². The van der Waals surface area contributed by atoms with Gasteiger partial charge in [0.15, 0.2) is 0 Å². The van der Waals surface area contributed by atoms with Gasteiger partial charge in [0.1, 0.15) is 17.4 Å². The average molecular weight is 507 g/mol. The van der Waals surface area contributed by atoms with E-state index >= 15 is 0 Å². The van der Waals surface area contributed by atoms with E-state index in [-0.39, 0.29) is 11.8 Å². The lowest BCUT2D eigenvalue weighted by Crippen LogP contribution is -2.17. The third-order valence-corrected chi connectivity index (χ3v) is 6.47. The topological polar surface area (TPSA) is 72.1 Å². The van der Waals surface area contributed by atoms with Crippen LogP contribution in [0, 0.1) is 11.3 Å². The van der Waals surface area contributed by atoms with Gasteiger partial charge in [-0.15, -0.1) is 0 Å². The number of nitrogens with one attached hydrogen (secondary N) is 1. The molecule has 2 aromatic carbocycles. The van der Waals surface area contributed by atoms with Gasteiger partial charge in [0, 0.05) is 23.7 Å². The van der Waals surface area contributed by atoms with Gasteiger partial charge in [-0.05, 0) is 67.6 Å². The number of nitrogens with zero attached hydrogens (tertiary/aromatic N) is 3. The van der Waals surface area contributed by atoms with Crippen LogP contribution >= 0.6 is 0 Å². The number of hydrogen-bond acceptors (Lipinski definition) is 5. The van der Waals surface area contributed by atoms with E-state index in [4.69, 9.17) is 9.57 Å². The fourth-order valence-electron chi connectivity index (χ4n) is 4.51. The van der Waals surface area contributed by atoms with Gasteiger partial charge in [0.05, 0.1) is 29.1 Å². The van der Waals surface area contributed by atoms with Crippen LogP contribution in [0.2, 0.25) is 0 Å². The number of pyridine rings is 1. The van der Waals surface area contributed by atoms with Crippen molar-refractivity contribution < 1.29 is 22.7 Å². The SMILES string of the molecule is CCCONc1ccc(-c2c(C#N)c3ccc(Oc4ncccc4C(F)(F)F)cc3n2C2CCC2)cc1. The summed E-state index contributed by atoms with van der Waals surface area (Å²) in [6.45, 7) is 2.61. The minimum Gasteiger partial charge on any atom is -0.438 e. The van der Waals surface area contributed by atoms with Gasteiger partial charge in [-0.3, -0.25) is 10.3 Å². The van der Waals surface area contributed by atoms with E-state index in [9.17, 15) is 18.4 Å². The van der Waals surface area contributed by atoms with Crippen LogP contribution in [0.15, 0.2) is 60.8 Å². The summed E-state index contributed by atoms with van der Waals surface area (Å²) in [5.41, 5.74) is 5.68. The van der Waals surface area contributed by atoms with Crippen molar-refractivity contribution in [3.05, 3.63) is 71.9 Å². The summed E-state index contributed by atoms with van der Waals surface area (Å²) in [5, 5.41) is 10.9. The first kappa shape index (κ1) is 24.7. The minimum atomic E-state index is -4.59. The third-order valence-electron chi connectivity index (χ3n) is 6.47. The first-order valence-corrected chi connectivity index (χ1v) is 12.2. The number of benzene rings is 2. The molecule has 9 heteroatoms. The van der Waals surface area contributed by atoms with Gasteiger partial charge in [0.2, 0.25) is 5.88 Å². The van der Waals surface area contributed by atoms with Crippen LogP contribution in [-0.2, 0) is 11.0 Å².